The Bertz CT molecular complexity index is 1090. The van der Waals surface area contributed by atoms with Crippen molar-refractivity contribution in [2.24, 2.45) is 0 Å². The summed E-state index contributed by atoms with van der Waals surface area (Å²) in [4.78, 5) is 56.7. The van der Waals surface area contributed by atoms with Crippen molar-refractivity contribution in [1.29, 1.82) is 0 Å². The largest absolute Gasteiger partial charge is 0.496 e. The number of rotatable bonds is 9. The molecule has 11 nitrogen and oxygen atoms in total. The zero-order chi connectivity index (χ0) is 25.4. The summed E-state index contributed by atoms with van der Waals surface area (Å²) in [7, 11) is 1.49. The van der Waals surface area contributed by atoms with E-state index in [1.54, 1.807) is 24.0 Å². The lowest BCUT2D eigenvalue weighted by Crippen LogP contribution is -2.56. The molecule has 1 fully saturated rings. The van der Waals surface area contributed by atoms with Crippen LogP contribution in [0.15, 0.2) is 30.3 Å². The molecule has 188 valence electrons. The summed E-state index contributed by atoms with van der Waals surface area (Å²) in [5.74, 6) is -1.62. The van der Waals surface area contributed by atoms with E-state index in [4.69, 9.17) is 14.6 Å². The maximum Gasteiger partial charge on any atom is 0.409 e. The number of pyridine rings is 1. The molecule has 3 amide bonds. The van der Waals surface area contributed by atoms with Crippen LogP contribution in [0.25, 0.3) is 10.9 Å². The number of carbonyl (C=O) groups excluding carboxylic acids is 3. The van der Waals surface area contributed by atoms with Crippen molar-refractivity contribution in [3.63, 3.8) is 0 Å². The third-order valence-electron chi connectivity index (χ3n) is 5.36. The van der Waals surface area contributed by atoms with E-state index in [0.717, 1.165) is 17.1 Å². The zero-order valence-electron chi connectivity index (χ0n) is 19.6. The van der Waals surface area contributed by atoms with Crippen LogP contribution in [0, 0.1) is 0 Å². The number of thioether (sulfide) groups is 1. The number of hydrogen-bond donors (Lipinski definition) is 2. The highest BCUT2D eigenvalue weighted by atomic mass is 32.2. The maximum absolute atomic E-state index is 13.2. The van der Waals surface area contributed by atoms with Crippen molar-refractivity contribution in [3.8, 4) is 5.75 Å². The zero-order valence-corrected chi connectivity index (χ0v) is 20.4. The van der Waals surface area contributed by atoms with Gasteiger partial charge in [-0.25, -0.2) is 9.78 Å². The number of nitrogens with one attached hydrogen (secondary N) is 1. The van der Waals surface area contributed by atoms with Crippen molar-refractivity contribution in [3.05, 3.63) is 36.0 Å². The van der Waals surface area contributed by atoms with E-state index in [2.05, 4.69) is 10.3 Å². The number of carboxylic acid groups (broad SMARTS) is 1. The fourth-order valence-electron chi connectivity index (χ4n) is 3.64. The van der Waals surface area contributed by atoms with E-state index in [0.29, 0.717) is 24.4 Å². The molecule has 35 heavy (non-hydrogen) atoms. The minimum atomic E-state index is -1.02. The molecular formula is C23H28N4O7S. The predicted molar refractivity (Wildman–Crippen MR) is 130 cm³/mol. The van der Waals surface area contributed by atoms with E-state index in [1.807, 2.05) is 12.1 Å². The lowest BCUT2D eigenvalue weighted by Gasteiger charge is -2.35. The van der Waals surface area contributed by atoms with Gasteiger partial charge in [0, 0.05) is 43.4 Å². The second kappa shape index (κ2) is 12.2. The number of methoxy groups -OCH3 is 1. The molecule has 2 heterocycles. The normalized spacial score (nSPS) is 14.3. The summed E-state index contributed by atoms with van der Waals surface area (Å²) in [6.07, 6.45) is -0.433. The molecule has 0 aliphatic carbocycles. The van der Waals surface area contributed by atoms with Crippen LogP contribution in [0.1, 0.15) is 17.4 Å². The van der Waals surface area contributed by atoms with Crippen LogP contribution < -0.4 is 10.1 Å². The Kier molecular flexibility index (Phi) is 9.12. The van der Waals surface area contributed by atoms with Crippen LogP contribution in [0.5, 0.6) is 5.75 Å². The van der Waals surface area contributed by atoms with E-state index in [1.165, 1.54) is 18.1 Å². The minimum Gasteiger partial charge on any atom is -0.496 e. The number of aliphatic carboxylic acids is 1. The van der Waals surface area contributed by atoms with E-state index >= 15 is 0 Å². The summed E-state index contributed by atoms with van der Waals surface area (Å²) in [6, 6.07) is 7.74. The molecule has 3 rings (SSSR count). The molecule has 1 aromatic heterocycles. The van der Waals surface area contributed by atoms with Crippen LogP contribution in [-0.4, -0.2) is 101 Å². The van der Waals surface area contributed by atoms with Gasteiger partial charge >= 0.3 is 12.1 Å². The smallest absolute Gasteiger partial charge is 0.409 e. The van der Waals surface area contributed by atoms with E-state index < -0.39 is 24.0 Å². The molecule has 1 atom stereocenters. The van der Waals surface area contributed by atoms with Crippen molar-refractivity contribution >= 4 is 46.5 Å². The van der Waals surface area contributed by atoms with Gasteiger partial charge in [0.1, 0.15) is 17.5 Å². The standard InChI is InChI=1S/C23H28N4O7S/c1-3-34-23(32)27-10-8-26(9-11-27)22(31)18(13-35-14-20(28)29)25-21(30)17-12-19(33-2)15-6-4-5-7-16(15)24-17/h4-7,12,18H,3,8-11,13-14H2,1-2H3,(H,25,30)(H,28,29)/t18-/m1/s1. The Morgan fingerprint density at radius 2 is 1.83 bits per heavy atom. The van der Waals surface area contributed by atoms with Gasteiger partial charge in [0.25, 0.3) is 5.91 Å². The van der Waals surface area contributed by atoms with Gasteiger partial charge in [-0.15, -0.1) is 11.8 Å². The van der Waals surface area contributed by atoms with Crippen molar-refractivity contribution in [2.45, 2.75) is 13.0 Å². The molecule has 0 spiro atoms. The van der Waals surface area contributed by atoms with Crippen LogP contribution in [0.4, 0.5) is 4.79 Å². The first-order valence-corrected chi connectivity index (χ1v) is 12.2. The number of aromatic nitrogens is 1. The Morgan fingerprint density at radius 3 is 2.49 bits per heavy atom. The topological polar surface area (TPSA) is 138 Å². The average Bonchev–Trinajstić information content (AvgIpc) is 2.86. The summed E-state index contributed by atoms with van der Waals surface area (Å²) >= 11 is 1.03. The first kappa shape index (κ1) is 26.1. The fourth-order valence-corrected chi connectivity index (χ4v) is 4.40. The second-order valence-corrected chi connectivity index (χ2v) is 8.70. The lowest BCUT2D eigenvalue weighted by molar-refractivity contribution is -0.135. The quantitative estimate of drug-likeness (QED) is 0.520. The lowest BCUT2D eigenvalue weighted by atomic mass is 10.1. The molecule has 0 unspecified atom stereocenters. The number of para-hydroxylation sites is 1. The first-order valence-electron chi connectivity index (χ1n) is 11.1. The van der Waals surface area contributed by atoms with Crippen molar-refractivity contribution < 1.29 is 33.8 Å². The highest BCUT2D eigenvalue weighted by Gasteiger charge is 2.31. The minimum absolute atomic E-state index is 0.0691. The van der Waals surface area contributed by atoms with Crippen molar-refractivity contribution in [1.82, 2.24) is 20.1 Å². The molecule has 1 saturated heterocycles. The maximum atomic E-state index is 13.2. The van der Waals surface area contributed by atoms with Gasteiger partial charge in [-0.1, -0.05) is 12.1 Å². The summed E-state index contributed by atoms with van der Waals surface area (Å²) in [5, 5.41) is 12.4. The average molecular weight is 505 g/mol. The number of nitrogens with zero attached hydrogens (tertiary/aromatic N) is 3. The number of benzene rings is 1. The monoisotopic (exact) mass is 504 g/mol. The van der Waals surface area contributed by atoms with E-state index in [9.17, 15) is 19.2 Å². The number of fused-ring (bicyclic) bond motifs is 1. The van der Waals surface area contributed by atoms with Gasteiger partial charge in [-0.2, -0.15) is 0 Å². The molecular weight excluding hydrogens is 476 g/mol. The summed E-state index contributed by atoms with van der Waals surface area (Å²) in [5.41, 5.74) is 0.643. The second-order valence-electron chi connectivity index (χ2n) is 7.67. The van der Waals surface area contributed by atoms with Gasteiger partial charge in [-0.05, 0) is 19.1 Å². The highest BCUT2D eigenvalue weighted by Crippen LogP contribution is 2.25. The Balaban J connectivity index is 1.74. The van der Waals surface area contributed by atoms with Crippen LogP contribution in [-0.2, 0) is 14.3 Å². The molecule has 2 N–H and O–H groups in total. The number of amides is 3. The molecule has 0 saturated carbocycles. The Labute approximate surface area is 206 Å². The fraction of sp³-hybridized carbons (Fsp3) is 0.435. The molecule has 1 aromatic carbocycles. The SMILES string of the molecule is CCOC(=O)N1CCN(C(=O)[C@@H](CSCC(=O)O)NC(=O)c2cc(OC)c3ccccc3n2)CC1. The highest BCUT2D eigenvalue weighted by molar-refractivity contribution is 8.00. The first-order chi connectivity index (χ1) is 16.8. The van der Waals surface area contributed by atoms with Gasteiger partial charge in [0.05, 0.1) is 25.0 Å². The molecule has 0 radical (unpaired) electrons. The van der Waals surface area contributed by atoms with Crippen LogP contribution >= 0.6 is 11.8 Å². The predicted octanol–water partition coefficient (Wildman–Crippen LogP) is 1.46. The van der Waals surface area contributed by atoms with Crippen LogP contribution in [0.2, 0.25) is 0 Å². The molecule has 12 heteroatoms. The number of carboxylic acids is 1. The summed E-state index contributed by atoms with van der Waals surface area (Å²) < 4.78 is 10.4. The number of carbonyl (C=O) groups is 4. The number of piperazine rings is 1. The summed E-state index contributed by atoms with van der Waals surface area (Å²) in [6.45, 7) is 3.14. The molecule has 0 bridgehead atoms. The van der Waals surface area contributed by atoms with Gasteiger partial charge in [0.15, 0.2) is 0 Å². The van der Waals surface area contributed by atoms with Crippen LogP contribution in [0.3, 0.4) is 0 Å². The molecule has 1 aliphatic heterocycles. The van der Waals surface area contributed by atoms with Gasteiger partial charge < -0.3 is 29.7 Å². The third kappa shape index (κ3) is 6.75. The molecule has 1 aliphatic rings. The number of hydrogen-bond acceptors (Lipinski definition) is 8. The number of ether oxygens (including phenoxy) is 2. The van der Waals surface area contributed by atoms with Gasteiger partial charge in [-0.3, -0.25) is 14.4 Å². The Hall–Kier alpha value is -3.54. The Morgan fingerprint density at radius 1 is 1.14 bits per heavy atom. The van der Waals surface area contributed by atoms with E-state index in [-0.39, 0.29) is 42.8 Å². The third-order valence-corrected chi connectivity index (χ3v) is 6.38. The van der Waals surface area contributed by atoms with Crippen molar-refractivity contribution in [2.75, 3.05) is 51.4 Å². The molecule has 2 aromatic rings. The van der Waals surface area contributed by atoms with Gasteiger partial charge in [0.2, 0.25) is 5.91 Å².